The third-order valence-electron chi connectivity index (χ3n) is 5.50. The molecule has 5 rings (SSSR count). The summed E-state index contributed by atoms with van der Waals surface area (Å²) in [4.78, 5) is 0. The van der Waals surface area contributed by atoms with Crippen LogP contribution in [0.5, 0.6) is 23.0 Å². The van der Waals surface area contributed by atoms with E-state index >= 15 is 0 Å². The number of nitrogens with one attached hydrogen (secondary N) is 1. The second-order valence-corrected chi connectivity index (χ2v) is 7.18. The molecule has 1 atom stereocenters. The highest BCUT2D eigenvalue weighted by atomic mass is 16.5. The van der Waals surface area contributed by atoms with E-state index in [9.17, 15) is 0 Å². The van der Waals surface area contributed by atoms with Crippen molar-refractivity contribution in [1.82, 2.24) is 10.2 Å². The number of hydrogen-bond acceptors (Lipinski definition) is 5. The number of aromatic amines is 1. The van der Waals surface area contributed by atoms with E-state index in [1.165, 1.54) is 0 Å². The Morgan fingerprint density at radius 3 is 2.19 bits per heavy atom. The Bertz CT molecular complexity index is 1200. The summed E-state index contributed by atoms with van der Waals surface area (Å²) in [5, 5.41) is 7.91. The van der Waals surface area contributed by atoms with Crippen molar-refractivity contribution in [3.05, 3.63) is 77.9 Å². The van der Waals surface area contributed by atoms with Crippen LogP contribution in [0, 0.1) is 0 Å². The molecule has 0 amide bonds. The maximum atomic E-state index is 6.53. The number of para-hydroxylation sites is 1. The van der Waals surface area contributed by atoms with Crippen LogP contribution in [0.3, 0.4) is 0 Å². The lowest BCUT2D eigenvalue weighted by Crippen LogP contribution is -2.16. The Morgan fingerprint density at radius 2 is 1.52 bits per heavy atom. The van der Waals surface area contributed by atoms with Crippen molar-refractivity contribution in [2.75, 3.05) is 21.3 Å². The molecule has 6 heteroatoms. The number of fused-ring (bicyclic) bond motifs is 3. The lowest BCUT2D eigenvalue weighted by molar-refractivity contribution is 0.242. The Labute approximate surface area is 180 Å². The summed E-state index contributed by atoms with van der Waals surface area (Å²) in [6, 6.07) is 21.9. The van der Waals surface area contributed by atoms with Gasteiger partial charge >= 0.3 is 0 Å². The molecule has 31 heavy (non-hydrogen) atoms. The molecule has 0 radical (unpaired) electrons. The summed E-state index contributed by atoms with van der Waals surface area (Å²) in [5.74, 6) is 2.48. The van der Waals surface area contributed by atoms with Gasteiger partial charge in [0, 0.05) is 16.7 Å². The van der Waals surface area contributed by atoms with Gasteiger partial charge in [0.2, 0.25) is 5.75 Å². The van der Waals surface area contributed by atoms with Gasteiger partial charge in [0.1, 0.15) is 5.75 Å². The van der Waals surface area contributed by atoms with Crippen LogP contribution in [-0.4, -0.2) is 31.5 Å². The van der Waals surface area contributed by atoms with Crippen molar-refractivity contribution < 1.29 is 18.9 Å². The van der Waals surface area contributed by atoms with Gasteiger partial charge in [0.25, 0.3) is 0 Å². The quantitative estimate of drug-likeness (QED) is 0.483. The molecule has 2 heterocycles. The summed E-state index contributed by atoms with van der Waals surface area (Å²) in [6.45, 7) is 0. The van der Waals surface area contributed by atoms with E-state index in [1.54, 1.807) is 21.3 Å². The molecule has 0 spiro atoms. The summed E-state index contributed by atoms with van der Waals surface area (Å²) in [7, 11) is 4.81. The first kappa shape index (κ1) is 19.1. The Balaban J connectivity index is 1.75. The number of H-pyrrole nitrogens is 1. The lowest BCUT2D eigenvalue weighted by Gasteiger charge is -2.28. The monoisotopic (exact) mass is 414 g/mol. The van der Waals surface area contributed by atoms with Crippen molar-refractivity contribution in [1.29, 1.82) is 0 Å². The van der Waals surface area contributed by atoms with E-state index < -0.39 is 6.10 Å². The van der Waals surface area contributed by atoms with Crippen molar-refractivity contribution in [2.45, 2.75) is 6.10 Å². The molecule has 0 saturated heterocycles. The number of ether oxygens (including phenoxy) is 4. The van der Waals surface area contributed by atoms with Crippen molar-refractivity contribution >= 4 is 0 Å². The van der Waals surface area contributed by atoms with Crippen molar-refractivity contribution in [3.63, 3.8) is 0 Å². The molecule has 4 aromatic rings. The van der Waals surface area contributed by atoms with Crippen LogP contribution in [0.15, 0.2) is 66.7 Å². The largest absolute Gasteiger partial charge is 0.493 e. The van der Waals surface area contributed by atoms with E-state index in [-0.39, 0.29) is 0 Å². The van der Waals surface area contributed by atoms with Gasteiger partial charge in [0.15, 0.2) is 17.6 Å². The molecule has 0 bridgehead atoms. The fraction of sp³-hybridized carbons (Fsp3) is 0.160. The average Bonchev–Trinajstić information content (AvgIpc) is 3.28. The van der Waals surface area contributed by atoms with Gasteiger partial charge in [0.05, 0.1) is 38.3 Å². The number of hydrogen-bond donors (Lipinski definition) is 1. The van der Waals surface area contributed by atoms with E-state index in [0.717, 1.165) is 39.4 Å². The predicted octanol–water partition coefficient (Wildman–Crippen LogP) is 5.25. The molecule has 1 unspecified atom stereocenters. The van der Waals surface area contributed by atoms with Crippen LogP contribution in [0.25, 0.3) is 22.5 Å². The Kier molecular flexibility index (Phi) is 4.75. The van der Waals surface area contributed by atoms with Gasteiger partial charge in [-0.3, -0.25) is 5.10 Å². The molecule has 0 fully saturated rings. The summed E-state index contributed by atoms with van der Waals surface area (Å²) in [6.07, 6.45) is -0.410. The first-order valence-corrected chi connectivity index (χ1v) is 9.94. The van der Waals surface area contributed by atoms with Gasteiger partial charge in [-0.15, -0.1) is 0 Å². The van der Waals surface area contributed by atoms with Gasteiger partial charge in [-0.25, -0.2) is 0 Å². The predicted molar refractivity (Wildman–Crippen MR) is 118 cm³/mol. The van der Waals surface area contributed by atoms with Gasteiger partial charge in [-0.2, -0.15) is 5.10 Å². The maximum absolute atomic E-state index is 6.53. The third-order valence-corrected chi connectivity index (χ3v) is 5.50. The van der Waals surface area contributed by atoms with E-state index in [2.05, 4.69) is 10.2 Å². The zero-order valence-corrected chi connectivity index (χ0v) is 17.5. The summed E-state index contributed by atoms with van der Waals surface area (Å²) >= 11 is 0. The minimum Gasteiger partial charge on any atom is -0.493 e. The van der Waals surface area contributed by atoms with Gasteiger partial charge < -0.3 is 18.9 Å². The Hall–Kier alpha value is -3.93. The highest BCUT2D eigenvalue weighted by molar-refractivity contribution is 5.80. The topological polar surface area (TPSA) is 65.6 Å². The molecule has 6 nitrogen and oxygen atoms in total. The first-order valence-electron chi connectivity index (χ1n) is 9.94. The molecule has 1 N–H and O–H groups in total. The molecular weight excluding hydrogens is 392 g/mol. The van der Waals surface area contributed by atoms with Crippen LogP contribution >= 0.6 is 0 Å². The number of aromatic nitrogens is 2. The molecule has 1 aromatic heterocycles. The number of benzene rings is 3. The Morgan fingerprint density at radius 1 is 0.839 bits per heavy atom. The second-order valence-electron chi connectivity index (χ2n) is 7.18. The van der Waals surface area contributed by atoms with Gasteiger partial charge in [-0.05, 0) is 24.3 Å². The van der Waals surface area contributed by atoms with Crippen LogP contribution in [0.4, 0.5) is 0 Å². The maximum Gasteiger partial charge on any atom is 0.203 e. The molecular formula is C25H22N2O4. The minimum absolute atomic E-state index is 0.410. The summed E-state index contributed by atoms with van der Waals surface area (Å²) in [5.41, 5.74) is 5.64. The molecule has 1 aliphatic rings. The number of methoxy groups -OCH3 is 3. The normalized spacial score (nSPS) is 14.2. The molecule has 156 valence electrons. The fourth-order valence-corrected chi connectivity index (χ4v) is 4.08. The highest BCUT2D eigenvalue weighted by Gasteiger charge is 2.34. The average molecular weight is 414 g/mol. The minimum atomic E-state index is -0.410. The van der Waals surface area contributed by atoms with E-state index in [1.807, 2.05) is 66.7 Å². The van der Waals surface area contributed by atoms with Crippen molar-refractivity contribution in [3.8, 4) is 45.5 Å². The molecule has 0 aliphatic carbocycles. The van der Waals surface area contributed by atoms with E-state index in [4.69, 9.17) is 18.9 Å². The van der Waals surface area contributed by atoms with Crippen LogP contribution in [0.2, 0.25) is 0 Å². The van der Waals surface area contributed by atoms with Crippen LogP contribution in [-0.2, 0) is 0 Å². The van der Waals surface area contributed by atoms with Gasteiger partial charge in [-0.1, -0.05) is 42.5 Å². The first-order chi connectivity index (χ1) is 15.2. The highest BCUT2D eigenvalue weighted by Crippen LogP contribution is 2.49. The third kappa shape index (κ3) is 3.08. The lowest BCUT2D eigenvalue weighted by atomic mass is 9.91. The van der Waals surface area contributed by atoms with E-state index in [0.29, 0.717) is 17.2 Å². The van der Waals surface area contributed by atoms with Crippen molar-refractivity contribution in [2.24, 2.45) is 0 Å². The zero-order valence-electron chi connectivity index (χ0n) is 17.5. The zero-order chi connectivity index (χ0) is 21.4. The molecule has 3 aromatic carbocycles. The SMILES string of the molecule is COc1cc(C2Oc3ccccc3-c3[nH]nc(-c4ccccc4)c32)cc(OC)c1OC. The smallest absolute Gasteiger partial charge is 0.203 e. The van der Waals surface area contributed by atoms with Crippen LogP contribution in [0.1, 0.15) is 17.2 Å². The standard InChI is InChI=1S/C25H22N2O4/c1-28-19-13-16(14-20(29-2)25(19)30-3)24-21-22(15-9-5-4-6-10-15)26-27-23(21)17-11-7-8-12-18(17)31-24/h4-14,24H,1-3H3,(H,26,27). The molecule has 1 aliphatic heterocycles. The molecule has 0 saturated carbocycles. The number of nitrogens with zero attached hydrogens (tertiary/aromatic N) is 1. The summed E-state index contributed by atoms with van der Waals surface area (Å²) < 4.78 is 23.2. The fourth-order valence-electron chi connectivity index (χ4n) is 4.08. The van der Waals surface area contributed by atoms with Crippen LogP contribution < -0.4 is 18.9 Å². The second kappa shape index (κ2) is 7.72. The number of rotatable bonds is 5.